The topological polar surface area (TPSA) is 35.5 Å². The lowest BCUT2D eigenvalue weighted by Crippen LogP contribution is -2.11. The van der Waals surface area contributed by atoms with Crippen LogP contribution >= 0.6 is 11.6 Å². The van der Waals surface area contributed by atoms with E-state index < -0.39 is 11.3 Å². The molecule has 1 unspecified atom stereocenters. The minimum atomic E-state index is -0.778. The average molecular weight is 257 g/mol. The lowest BCUT2D eigenvalue weighted by Gasteiger charge is -2.11. The van der Waals surface area contributed by atoms with Crippen LogP contribution < -0.4 is 4.74 Å². The minimum absolute atomic E-state index is 0.327. The summed E-state index contributed by atoms with van der Waals surface area (Å²) in [6.45, 7) is 4.76. The van der Waals surface area contributed by atoms with Crippen molar-refractivity contribution in [2.75, 3.05) is 13.2 Å². The Hall–Kier alpha value is -1.22. The molecule has 0 saturated carbocycles. The van der Waals surface area contributed by atoms with E-state index in [9.17, 15) is 4.79 Å². The van der Waals surface area contributed by atoms with Crippen molar-refractivity contribution in [2.45, 2.75) is 25.6 Å². The summed E-state index contributed by atoms with van der Waals surface area (Å²) in [5, 5.41) is -0.778. The van der Waals surface area contributed by atoms with Crippen LogP contribution in [0.2, 0.25) is 0 Å². The smallest absolute Gasteiger partial charge is 0.328 e. The van der Waals surface area contributed by atoms with E-state index in [0.717, 1.165) is 12.2 Å². The molecular formula is C13H17ClO3. The van der Waals surface area contributed by atoms with Gasteiger partial charge in [-0.15, -0.1) is 11.6 Å². The van der Waals surface area contributed by atoms with E-state index in [0.29, 0.717) is 18.8 Å². The van der Waals surface area contributed by atoms with Crippen molar-refractivity contribution >= 4 is 17.6 Å². The molecule has 0 aliphatic heterocycles. The maximum absolute atomic E-state index is 11.5. The van der Waals surface area contributed by atoms with E-state index in [-0.39, 0.29) is 0 Å². The fourth-order valence-electron chi connectivity index (χ4n) is 1.33. The lowest BCUT2D eigenvalue weighted by molar-refractivity contribution is -0.142. The highest BCUT2D eigenvalue weighted by molar-refractivity contribution is 6.29. The summed E-state index contributed by atoms with van der Waals surface area (Å²) in [6, 6.07) is 7.21. The number of rotatable bonds is 6. The summed E-state index contributed by atoms with van der Waals surface area (Å²) >= 11 is 6.01. The first-order chi connectivity index (χ1) is 8.19. The van der Waals surface area contributed by atoms with Gasteiger partial charge in [0.25, 0.3) is 0 Å². The second kappa shape index (κ2) is 7.17. The Labute approximate surface area is 107 Å². The third-order valence-corrected chi connectivity index (χ3v) is 2.55. The van der Waals surface area contributed by atoms with Gasteiger partial charge >= 0.3 is 5.97 Å². The van der Waals surface area contributed by atoms with Crippen molar-refractivity contribution in [2.24, 2.45) is 0 Å². The molecule has 0 spiro atoms. The molecule has 0 aliphatic rings. The Morgan fingerprint density at radius 1 is 1.41 bits per heavy atom. The first-order valence-electron chi connectivity index (χ1n) is 5.72. The van der Waals surface area contributed by atoms with Crippen LogP contribution in [0, 0.1) is 0 Å². The van der Waals surface area contributed by atoms with Gasteiger partial charge in [-0.05, 0) is 31.0 Å². The highest BCUT2D eigenvalue weighted by Crippen LogP contribution is 2.25. The van der Waals surface area contributed by atoms with Crippen LogP contribution in [0.4, 0.5) is 0 Å². The molecule has 1 rings (SSSR count). The normalized spacial score (nSPS) is 11.9. The maximum atomic E-state index is 11.5. The highest BCUT2D eigenvalue weighted by Gasteiger charge is 2.19. The van der Waals surface area contributed by atoms with Gasteiger partial charge in [0.1, 0.15) is 5.75 Å². The van der Waals surface area contributed by atoms with Crippen LogP contribution in [0.3, 0.4) is 0 Å². The summed E-state index contributed by atoms with van der Waals surface area (Å²) in [6.07, 6.45) is 0.937. The van der Waals surface area contributed by atoms with Crippen molar-refractivity contribution in [1.29, 1.82) is 0 Å². The highest BCUT2D eigenvalue weighted by atomic mass is 35.5. The molecule has 1 aromatic rings. The molecule has 3 nitrogen and oxygen atoms in total. The molecule has 94 valence electrons. The predicted octanol–water partition coefficient (Wildman–Crippen LogP) is 3.32. The van der Waals surface area contributed by atoms with E-state index >= 15 is 0 Å². The fraction of sp³-hybridized carbons (Fsp3) is 0.462. The lowest BCUT2D eigenvalue weighted by atomic mass is 10.1. The van der Waals surface area contributed by atoms with Crippen molar-refractivity contribution < 1.29 is 14.3 Å². The Morgan fingerprint density at radius 2 is 2.18 bits per heavy atom. The average Bonchev–Trinajstić information content (AvgIpc) is 2.36. The number of halogens is 1. The zero-order valence-corrected chi connectivity index (χ0v) is 10.9. The van der Waals surface area contributed by atoms with Crippen molar-refractivity contribution in [1.82, 2.24) is 0 Å². The van der Waals surface area contributed by atoms with E-state index in [4.69, 9.17) is 21.1 Å². The largest absolute Gasteiger partial charge is 0.494 e. The van der Waals surface area contributed by atoms with Crippen molar-refractivity contribution in [3.8, 4) is 5.75 Å². The molecule has 0 radical (unpaired) electrons. The third-order valence-electron chi connectivity index (χ3n) is 2.12. The van der Waals surface area contributed by atoms with E-state index in [1.807, 2.05) is 19.1 Å². The first kappa shape index (κ1) is 13.8. The van der Waals surface area contributed by atoms with Gasteiger partial charge in [-0.1, -0.05) is 19.1 Å². The molecule has 4 heteroatoms. The van der Waals surface area contributed by atoms with Crippen molar-refractivity contribution in [3.05, 3.63) is 29.8 Å². The maximum Gasteiger partial charge on any atom is 0.328 e. The van der Waals surface area contributed by atoms with Gasteiger partial charge in [0.2, 0.25) is 0 Å². The summed E-state index contributed by atoms with van der Waals surface area (Å²) in [4.78, 5) is 11.5. The Bertz CT molecular complexity index is 365. The molecule has 0 amide bonds. The fourth-order valence-corrected chi connectivity index (χ4v) is 1.53. The summed E-state index contributed by atoms with van der Waals surface area (Å²) in [7, 11) is 0. The molecule has 0 heterocycles. The molecule has 0 aliphatic carbocycles. The van der Waals surface area contributed by atoms with E-state index in [1.54, 1.807) is 19.1 Å². The van der Waals surface area contributed by atoms with Gasteiger partial charge in [-0.3, -0.25) is 4.79 Å². The van der Waals surface area contributed by atoms with Gasteiger partial charge in [-0.2, -0.15) is 0 Å². The van der Waals surface area contributed by atoms with Crippen LogP contribution in [0.25, 0.3) is 0 Å². The molecule has 0 bridgehead atoms. The van der Waals surface area contributed by atoms with E-state index in [1.165, 1.54) is 0 Å². The predicted molar refractivity (Wildman–Crippen MR) is 67.5 cm³/mol. The molecule has 0 N–H and O–H groups in total. The Balaban J connectivity index is 2.72. The SMILES string of the molecule is CCCOc1cccc(C(Cl)C(=O)OCC)c1. The van der Waals surface area contributed by atoms with Crippen LogP contribution in [-0.4, -0.2) is 19.2 Å². The number of hydrogen-bond acceptors (Lipinski definition) is 3. The minimum Gasteiger partial charge on any atom is -0.494 e. The van der Waals surface area contributed by atoms with Gasteiger partial charge in [0.05, 0.1) is 13.2 Å². The van der Waals surface area contributed by atoms with Gasteiger partial charge < -0.3 is 9.47 Å². The number of hydrogen-bond donors (Lipinski definition) is 0. The molecule has 0 fully saturated rings. The second-order valence-corrected chi connectivity index (χ2v) is 3.97. The molecule has 17 heavy (non-hydrogen) atoms. The molecule has 0 saturated heterocycles. The number of esters is 1. The summed E-state index contributed by atoms with van der Waals surface area (Å²) in [5.74, 6) is 0.293. The summed E-state index contributed by atoms with van der Waals surface area (Å²) in [5.41, 5.74) is 0.693. The number of ether oxygens (including phenoxy) is 2. The molecule has 0 aromatic heterocycles. The zero-order chi connectivity index (χ0) is 12.7. The van der Waals surface area contributed by atoms with Crippen LogP contribution in [0.15, 0.2) is 24.3 Å². The molecular weight excluding hydrogens is 240 g/mol. The second-order valence-electron chi connectivity index (χ2n) is 3.54. The third kappa shape index (κ3) is 4.27. The quantitative estimate of drug-likeness (QED) is 0.579. The number of benzene rings is 1. The Morgan fingerprint density at radius 3 is 2.82 bits per heavy atom. The monoisotopic (exact) mass is 256 g/mol. The first-order valence-corrected chi connectivity index (χ1v) is 6.16. The van der Waals surface area contributed by atoms with Crippen molar-refractivity contribution in [3.63, 3.8) is 0 Å². The van der Waals surface area contributed by atoms with Gasteiger partial charge in [0.15, 0.2) is 5.38 Å². The zero-order valence-electron chi connectivity index (χ0n) is 10.1. The number of carbonyl (C=O) groups is 1. The molecule has 1 atom stereocenters. The van der Waals surface area contributed by atoms with Gasteiger partial charge in [0, 0.05) is 0 Å². The number of carbonyl (C=O) groups excluding carboxylic acids is 1. The van der Waals surface area contributed by atoms with E-state index in [2.05, 4.69) is 0 Å². The number of alkyl halides is 1. The summed E-state index contributed by atoms with van der Waals surface area (Å²) < 4.78 is 10.3. The van der Waals surface area contributed by atoms with Crippen LogP contribution in [-0.2, 0) is 9.53 Å². The standard InChI is InChI=1S/C13H17ClO3/c1-3-8-17-11-7-5-6-10(9-11)12(14)13(15)16-4-2/h5-7,9,12H,3-4,8H2,1-2H3. The molecule has 1 aromatic carbocycles. The van der Waals surface area contributed by atoms with Crippen LogP contribution in [0.5, 0.6) is 5.75 Å². The Kier molecular flexibility index (Phi) is 5.84. The van der Waals surface area contributed by atoms with Gasteiger partial charge in [-0.25, -0.2) is 0 Å². The van der Waals surface area contributed by atoms with Crippen LogP contribution in [0.1, 0.15) is 31.2 Å².